The van der Waals surface area contributed by atoms with Gasteiger partial charge >= 0.3 is 0 Å². The number of alkyl halides is 1. The molecule has 2 atom stereocenters. The molecule has 0 spiro atoms. The first-order valence-corrected chi connectivity index (χ1v) is 8.96. The number of rotatable bonds is 2. The third-order valence-corrected chi connectivity index (χ3v) is 7.35. The van der Waals surface area contributed by atoms with Crippen LogP contribution in [0.5, 0.6) is 0 Å². The Morgan fingerprint density at radius 1 is 1.33 bits per heavy atom. The largest absolute Gasteiger partial charge is 0.244 e. The van der Waals surface area contributed by atoms with Crippen LogP contribution in [0.2, 0.25) is 0 Å². The molecule has 1 aromatic rings. The number of nitrogens with zero attached hydrogens (tertiary/aromatic N) is 1. The maximum atomic E-state index is 12.5. The van der Waals surface area contributed by atoms with Crippen LogP contribution in [0.4, 0.5) is 0 Å². The van der Waals surface area contributed by atoms with Crippen LogP contribution in [-0.2, 0) is 10.0 Å². The van der Waals surface area contributed by atoms with Crippen molar-refractivity contribution < 1.29 is 8.42 Å². The van der Waals surface area contributed by atoms with Crippen molar-refractivity contribution in [2.45, 2.75) is 23.1 Å². The molecule has 0 bridgehead atoms. The smallest absolute Gasteiger partial charge is 0.207 e. The van der Waals surface area contributed by atoms with E-state index in [1.54, 1.807) is 22.5 Å². The van der Waals surface area contributed by atoms with Crippen LogP contribution in [0.3, 0.4) is 0 Å². The molecule has 0 saturated carbocycles. The molecule has 0 amide bonds. The molecule has 1 aromatic carbocycles. The van der Waals surface area contributed by atoms with Crippen LogP contribution in [-0.4, -0.2) is 30.6 Å². The molecular weight excluding hydrogens is 382 g/mol. The van der Waals surface area contributed by atoms with E-state index in [4.69, 9.17) is 0 Å². The van der Waals surface area contributed by atoms with E-state index in [0.717, 1.165) is 6.42 Å². The summed E-state index contributed by atoms with van der Waals surface area (Å²) in [6, 6.07) is 6.95. The second kappa shape index (κ2) is 5.61. The van der Waals surface area contributed by atoms with Crippen molar-refractivity contribution in [1.82, 2.24) is 4.31 Å². The lowest BCUT2D eigenvalue weighted by molar-refractivity contribution is 0.300. The maximum Gasteiger partial charge on any atom is 0.244 e. The van der Waals surface area contributed by atoms with Gasteiger partial charge in [-0.1, -0.05) is 35.0 Å². The van der Waals surface area contributed by atoms with E-state index in [1.165, 1.54) is 0 Å². The summed E-state index contributed by atoms with van der Waals surface area (Å²) in [7, 11) is -3.39. The van der Waals surface area contributed by atoms with Gasteiger partial charge in [-0.15, -0.1) is 0 Å². The first-order chi connectivity index (χ1) is 8.43. The highest BCUT2D eigenvalue weighted by atomic mass is 79.9. The second-order valence-corrected chi connectivity index (χ2v) is 8.51. The van der Waals surface area contributed by atoms with Crippen LogP contribution in [0.15, 0.2) is 33.6 Å². The number of benzene rings is 1. The SMILES string of the molecule is CC1CCN(S(=O)(=O)c2ccccc2Br)CC1Br. The summed E-state index contributed by atoms with van der Waals surface area (Å²) in [5, 5.41) is 0. The topological polar surface area (TPSA) is 37.4 Å². The molecule has 100 valence electrons. The van der Waals surface area contributed by atoms with Crippen LogP contribution in [0.1, 0.15) is 13.3 Å². The zero-order valence-electron chi connectivity index (χ0n) is 10.0. The van der Waals surface area contributed by atoms with Gasteiger partial charge < -0.3 is 0 Å². The molecule has 18 heavy (non-hydrogen) atoms. The lowest BCUT2D eigenvalue weighted by Gasteiger charge is -2.33. The molecule has 1 heterocycles. The van der Waals surface area contributed by atoms with E-state index in [-0.39, 0.29) is 4.83 Å². The Morgan fingerprint density at radius 2 is 2.00 bits per heavy atom. The maximum absolute atomic E-state index is 12.5. The first-order valence-electron chi connectivity index (χ1n) is 5.81. The summed E-state index contributed by atoms with van der Waals surface area (Å²) in [6.07, 6.45) is 0.888. The molecule has 0 aliphatic carbocycles. The quantitative estimate of drug-likeness (QED) is 0.719. The van der Waals surface area contributed by atoms with E-state index >= 15 is 0 Å². The van der Waals surface area contributed by atoms with Crippen LogP contribution in [0, 0.1) is 5.92 Å². The highest BCUT2D eigenvalue weighted by Crippen LogP contribution is 2.30. The summed E-state index contributed by atoms with van der Waals surface area (Å²) in [5.41, 5.74) is 0. The number of hydrogen-bond donors (Lipinski definition) is 0. The predicted octanol–water partition coefficient (Wildman–Crippen LogP) is 3.24. The fourth-order valence-corrected chi connectivity index (χ4v) is 5.26. The summed E-state index contributed by atoms with van der Waals surface area (Å²) < 4.78 is 27.3. The van der Waals surface area contributed by atoms with Gasteiger partial charge in [-0.25, -0.2) is 8.42 Å². The molecule has 1 aliphatic rings. The van der Waals surface area contributed by atoms with Crippen molar-refractivity contribution in [2.75, 3.05) is 13.1 Å². The van der Waals surface area contributed by atoms with Crippen molar-refractivity contribution in [3.8, 4) is 0 Å². The standard InChI is InChI=1S/C12H15Br2NO2S/c1-9-6-7-15(8-11(9)14)18(16,17)12-5-3-2-4-10(12)13/h2-5,9,11H,6-8H2,1H3. The lowest BCUT2D eigenvalue weighted by atomic mass is 10.0. The van der Waals surface area contributed by atoms with Gasteiger partial charge in [0.05, 0.1) is 4.90 Å². The highest BCUT2D eigenvalue weighted by Gasteiger charge is 2.33. The van der Waals surface area contributed by atoms with Gasteiger partial charge in [0.1, 0.15) is 0 Å². The fraction of sp³-hybridized carbons (Fsp3) is 0.500. The fourth-order valence-electron chi connectivity index (χ4n) is 2.01. The molecule has 6 heteroatoms. The number of piperidine rings is 1. The Balaban J connectivity index is 2.30. The van der Waals surface area contributed by atoms with Crippen LogP contribution in [0.25, 0.3) is 0 Å². The minimum atomic E-state index is -3.39. The van der Waals surface area contributed by atoms with E-state index in [1.807, 2.05) is 6.07 Å². The summed E-state index contributed by atoms with van der Waals surface area (Å²) in [6.45, 7) is 3.26. The summed E-state index contributed by atoms with van der Waals surface area (Å²) >= 11 is 6.87. The average molecular weight is 397 g/mol. The van der Waals surface area contributed by atoms with Crippen molar-refractivity contribution in [1.29, 1.82) is 0 Å². The predicted molar refractivity (Wildman–Crippen MR) is 79.4 cm³/mol. The monoisotopic (exact) mass is 395 g/mol. The molecular formula is C12H15Br2NO2S. The normalized spacial score (nSPS) is 26.2. The molecule has 1 saturated heterocycles. The summed E-state index contributed by atoms with van der Waals surface area (Å²) in [4.78, 5) is 0.572. The zero-order chi connectivity index (χ0) is 13.3. The molecule has 2 rings (SSSR count). The minimum absolute atomic E-state index is 0.225. The third-order valence-electron chi connectivity index (χ3n) is 3.28. The molecule has 0 N–H and O–H groups in total. The number of halogens is 2. The van der Waals surface area contributed by atoms with Gasteiger partial charge in [-0.3, -0.25) is 0 Å². The molecule has 0 aromatic heterocycles. The van der Waals surface area contributed by atoms with Gasteiger partial charge in [0.15, 0.2) is 0 Å². The van der Waals surface area contributed by atoms with Gasteiger partial charge in [-0.05, 0) is 40.4 Å². The minimum Gasteiger partial charge on any atom is -0.207 e. The molecule has 1 fully saturated rings. The Morgan fingerprint density at radius 3 is 2.61 bits per heavy atom. The van der Waals surface area contributed by atoms with Crippen molar-refractivity contribution in [2.24, 2.45) is 5.92 Å². The Labute approximate surface area is 125 Å². The van der Waals surface area contributed by atoms with Crippen molar-refractivity contribution in [3.05, 3.63) is 28.7 Å². The van der Waals surface area contributed by atoms with E-state index < -0.39 is 10.0 Å². The van der Waals surface area contributed by atoms with E-state index in [2.05, 4.69) is 38.8 Å². The van der Waals surface area contributed by atoms with E-state index in [9.17, 15) is 8.42 Å². The van der Waals surface area contributed by atoms with E-state index in [0.29, 0.717) is 28.4 Å². The van der Waals surface area contributed by atoms with Crippen LogP contribution >= 0.6 is 31.9 Å². The first kappa shape index (κ1) is 14.5. The summed E-state index contributed by atoms with van der Waals surface area (Å²) in [5.74, 6) is 0.510. The number of hydrogen-bond acceptors (Lipinski definition) is 2. The number of sulfonamides is 1. The third kappa shape index (κ3) is 2.81. The average Bonchev–Trinajstić information content (AvgIpc) is 2.33. The van der Waals surface area contributed by atoms with Crippen molar-refractivity contribution >= 4 is 41.9 Å². The Bertz CT molecular complexity index is 533. The van der Waals surface area contributed by atoms with Crippen LogP contribution < -0.4 is 0 Å². The van der Waals surface area contributed by atoms with Gasteiger partial charge in [-0.2, -0.15) is 4.31 Å². The van der Waals surface area contributed by atoms with Gasteiger partial charge in [0.2, 0.25) is 10.0 Å². The van der Waals surface area contributed by atoms with Gasteiger partial charge in [0.25, 0.3) is 0 Å². The molecule has 2 unspecified atom stereocenters. The Kier molecular flexibility index (Phi) is 4.52. The lowest BCUT2D eigenvalue weighted by Crippen LogP contribution is -2.43. The Hall–Kier alpha value is 0.0900. The second-order valence-electron chi connectivity index (χ2n) is 4.58. The molecule has 0 radical (unpaired) electrons. The highest BCUT2D eigenvalue weighted by molar-refractivity contribution is 9.10. The molecule has 3 nitrogen and oxygen atoms in total. The molecule has 1 aliphatic heterocycles. The van der Waals surface area contributed by atoms with Crippen molar-refractivity contribution in [3.63, 3.8) is 0 Å². The zero-order valence-corrected chi connectivity index (χ0v) is 14.0. The van der Waals surface area contributed by atoms with Gasteiger partial charge in [0, 0.05) is 22.4 Å².